The number of hydrogen-bond acceptors (Lipinski definition) is 4. The summed E-state index contributed by atoms with van der Waals surface area (Å²) in [5.41, 5.74) is 9.47. The minimum absolute atomic E-state index is 0.183. The largest absolute Gasteiger partial charge is 0.507 e. The van der Waals surface area contributed by atoms with Crippen LogP contribution in [0.2, 0.25) is 0 Å². The smallest absolute Gasteiger partial charge is 0.149 e. The fourth-order valence-corrected chi connectivity index (χ4v) is 5.84. The van der Waals surface area contributed by atoms with Crippen molar-refractivity contribution in [3.63, 3.8) is 0 Å². The summed E-state index contributed by atoms with van der Waals surface area (Å²) >= 11 is 0. The molecule has 198 valence electrons. The van der Waals surface area contributed by atoms with Gasteiger partial charge in [0.1, 0.15) is 11.6 Å². The second kappa shape index (κ2) is 9.68. The lowest BCUT2D eigenvalue weighted by Gasteiger charge is -2.15. The van der Waals surface area contributed by atoms with Gasteiger partial charge in [-0.3, -0.25) is 14.5 Å². The van der Waals surface area contributed by atoms with Gasteiger partial charge >= 0.3 is 0 Å². The fourth-order valence-electron chi connectivity index (χ4n) is 5.84. The van der Waals surface area contributed by atoms with Crippen molar-refractivity contribution in [3.8, 4) is 45.1 Å². The van der Waals surface area contributed by atoms with Gasteiger partial charge in [-0.25, -0.2) is 4.98 Å². The zero-order valence-corrected chi connectivity index (χ0v) is 22.5. The molecule has 3 aromatic heterocycles. The molecule has 0 aliphatic heterocycles. The van der Waals surface area contributed by atoms with Crippen molar-refractivity contribution in [2.24, 2.45) is 0 Å². The number of phenolic OH excluding ortho intramolecular Hbond substituents is 1. The summed E-state index contributed by atoms with van der Waals surface area (Å²) in [7, 11) is 0. The van der Waals surface area contributed by atoms with Crippen LogP contribution in [0, 0.1) is 0 Å². The normalized spacial score (nSPS) is 11.4. The Labute approximate surface area is 242 Å². The second-order valence-corrected chi connectivity index (χ2v) is 10.3. The van der Waals surface area contributed by atoms with E-state index in [1.807, 2.05) is 73.1 Å². The molecule has 8 rings (SSSR count). The lowest BCUT2D eigenvalue weighted by atomic mass is 10.0. The first-order chi connectivity index (χ1) is 20.8. The molecule has 0 aliphatic carbocycles. The number of phenols is 1. The molecule has 0 spiro atoms. The van der Waals surface area contributed by atoms with Crippen molar-refractivity contribution < 1.29 is 5.11 Å². The van der Waals surface area contributed by atoms with Crippen molar-refractivity contribution >= 4 is 32.8 Å². The quantitative estimate of drug-likeness (QED) is 0.227. The Morgan fingerprint density at radius 2 is 1.36 bits per heavy atom. The summed E-state index contributed by atoms with van der Waals surface area (Å²) in [5.74, 6) is 0.857. The molecule has 0 radical (unpaired) electrons. The summed E-state index contributed by atoms with van der Waals surface area (Å²) in [6.45, 7) is 0. The highest BCUT2D eigenvalue weighted by atomic mass is 16.3. The third-order valence-corrected chi connectivity index (χ3v) is 7.80. The molecule has 0 fully saturated rings. The van der Waals surface area contributed by atoms with Gasteiger partial charge in [0.05, 0.1) is 33.3 Å². The number of imidazole rings is 1. The standard InChI is InChI=1S/C37H24N4O/c42-34-18-7-5-14-29(34)37-40-36-28(25-19-20-31-30(22-25)35-26(23-39-31)12-9-21-38-35)15-8-17-33(36)41(37)32-16-6-4-13-27(32)24-10-2-1-3-11-24/h1-23,42H. The van der Waals surface area contributed by atoms with Crippen LogP contribution in [-0.2, 0) is 0 Å². The minimum atomic E-state index is 0.183. The Bertz CT molecular complexity index is 2270. The van der Waals surface area contributed by atoms with Crippen molar-refractivity contribution in [2.75, 3.05) is 0 Å². The number of pyridine rings is 2. The molecule has 5 aromatic carbocycles. The van der Waals surface area contributed by atoms with E-state index in [0.717, 1.165) is 60.8 Å². The highest BCUT2D eigenvalue weighted by Gasteiger charge is 2.21. The van der Waals surface area contributed by atoms with Crippen LogP contribution in [0.4, 0.5) is 0 Å². The first kappa shape index (κ1) is 24.0. The van der Waals surface area contributed by atoms with Gasteiger partial charge in [-0.15, -0.1) is 0 Å². The first-order valence-electron chi connectivity index (χ1n) is 13.8. The van der Waals surface area contributed by atoms with Crippen molar-refractivity contribution in [1.29, 1.82) is 0 Å². The third-order valence-electron chi connectivity index (χ3n) is 7.80. The summed E-state index contributed by atoms with van der Waals surface area (Å²) in [4.78, 5) is 14.6. The van der Waals surface area contributed by atoms with Crippen LogP contribution in [0.3, 0.4) is 0 Å². The van der Waals surface area contributed by atoms with E-state index in [2.05, 4.69) is 75.2 Å². The molecule has 42 heavy (non-hydrogen) atoms. The van der Waals surface area contributed by atoms with Crippen LogP contribution in [-0.4, -0.2) is 24.6 Å². The monoisotopic (exact) mass is 540 g/mol. The molecule has 0 aliphatic rings. The molecule has 0 bridgehead atoms. The molecule has 8 aromatic rings. The fraction of sp³-hybridized carbons (Fsp3) is 0. The van der Waals surface area contributed by atoms with Crippen molar-refractivity contribution in [3.05, 3.63) is 140 Å². The Morgan fingerprint density at radius 1 is 0.571 bits per heavy atom. The van der Waals surface area contributed by atoms with E-state index in [1.54, 1.807) is 6.07 Å². The van der Waals surface area contributed by atoms with Crippen LogP contribution in [0.25, 0.3) is 72.2 Å². The lowest BCUT2D eigenvalue weighted by Crippen LogP contribution is -2.00. The van der Waals surface area contributed by atoms with Gasteiger partial charge in [-0.05, 0) is 59.7 Å². The van der Waals surface area contributed by atoms with E-state index in [-0.39, 0.29) is 5.75 Å². The van der Waals surface area contributed by atoms with E-state index in [0.29, 0.717) is 11.4 Å². The molecule has 1 N–H and O–H groups in total. The topological polar surface area (TPSA) is 63.8 Å². The van der Waals surface area contributed by atoms with Gasteiger partial charge in [0.2, 0.25) is 0 Å². The van der Waals surface area contributed by atoms with Crippen LogP contribution in [0.15, 0.2) is 140 Å². The predicted octanol–water partition coefficient (Wildman–Crippen LogP) is 8.83. The number of fused-ring (bicyclic) bond motifs is 4. The van der Waals surface area contributed by atoms with Gasteiger partial charge in [-0.2, -0.15) is 0 Å². The second-order valence-electron chi connectivity index (χ2n) is 10.3. The SMILES string of the molecule is Oc1ccccc1-c1nc2c(-c3ccc4ncc5cccnc5c4c3)cccc2n1-c1ccccc1-c1ccccc1. The Balaban J connectivity index is 1.43. The molecular weight excluding hydrogens is 516 g/mol. The molecule has 0 saturated carbocycles. The number of aromatic hydroxyl groups is 1. The zero-order valence-electron chi connectivity index (χ0n) is 22.5. The number of rotatable bonds is 4. The van der Waals surface area contributed by atoms with Gasteiger partial charge in [0, 0.05) is 34.3 Å². The Kier molecular flexibility index (Phi) is 5.54. The molecule has 3 heterocycles. The third kappa shape index (κ3) is 3.83. The maximum atomic E-state index is 11.0. The summed E-state index contributed by atoms with van der Waals surface area (Å²) < 4.78 is 2.16. The van der Waals surface area contributed by atoms with Gasteiger partial charge in [0.25, 0.3) is 0 Å². The number of para-hydroxylation sites is 3. The maximum Gasteiger partial charge on any atom is 0.149 e. The molecular formula is C37H24N4O. The highest BCUT2D eigenvalue weighted by molar-refractivity contribution is 6.06. The van der Waals surface area contributed by atoms with Gasteiger partial charge < -0.3 is 5.11 Å². The average Bonchev–Trinajstić information content (AvgIpc) is 3.44. The van der Waals surface area contributed by atoms with Crippen LogP contribution < -0.4 is 0 Å². The molecule has 5 heteroatoms. The maximum absolute atomic E-state index is 11.0. The minimum Gasteiger partial charge on any atom is -0.507 e. The summed E-state index contributed by atoms with van der Waals surface area (Å²) in [5, 5.41) is 13.0. The Hall–Kier alpha value is -5.81. The molecule has 0 saturated heterocycles. The summed E-state index contributed by atoms with van der Waals surface area (Å²) in [6.07, 6.45) is 3.69. The first-order valence-corrected chi connectivity index (χ1v) is 13.8. The van der Waals surface area contributed by atoms with E-state index >= 15 is 0 Å². The van der Waals surface area contributed by atoms with Gasteiger partial charge in [0.15, 0.2) is 0 Å². The molecule has 0 amide bonds. The van der Waals surface area contributed by atoms with Gasteiger partial charge in [-0.1, -0.05) is 78.9 Å². The average molecular weight is 541 g/mol. The number of aromatic nitrogens is 4. The number of hydrogen-bond donors (Lipinski definition) is 1. The van der Waals surface area contributed by atoms with E-state index in [9.17, 15) is 5.11 Å². The van der Waals surface area contributed by atoms with Crippen LogP contribution >= 0.6 is 0 Å². The van der Waals surface area contributed by atoms with E-state index in [1.165, 1.54) is 0 Å². The van der Waals surface area contributed by atoms with E-state index in [4.69, 9.17) is 4.98 Å². The highest BCUT2D eigenvalue weighted by Crippen LogP contribution is 2.40. The summed E-state index contributed by atoms with van der Waals surface area (Å²) in [6, 6.07) is 42.6. The van der Waals surface area contributed by atoms with Crippen LogP contribution in [0.5, 0.6) is 5.75 Å². The Morgan fingerprint density at radius 3 is 2.24 bits per heavy atom. The molecule has 0 atom stereocenters. The van der Waals surface area contributed by atoms with E-state index < -0.39 is 0 Å². The van der Waals surface area contributed by atoms with Crippen molar-refractivity contribution in [1.82, 2.24) is 19.5 Å². The zero-order chi connectivity index (χ0) is 28.0. The predicted molar refractivity (Wildman–Crippen MR) is 170 cm³/mol. The molecule has 0 unspecified atom stereocenters. The lowest BCUT2D eigenvalue weighted by molar-refractivity contribution is 0.477. The number of nitrogens with zero attached hydrogens (tertiary/aromatic N) is 4. The molecule has 5 nitrogen and oxygen atoms in total. The van der Waals surface area contributed by atoms with Crippen LogP contribution in [0.1, 0.15) is 0 Å². The number of benzene rings is 5. The van der Waals surface area contributed by atoms with Crippen molar-refractivity contribution in [2.45, 2.75) is 0 Å².